The fourth-order valence-electron chi connectivity index (χ4n) is 1.15. The number of hydrogen-bond donors (Lipinski definition) is 0. The molecule has 15 heavy (non-hydrogen) atoms. The predicted octanol–water partition coefficient (Wildman–Crippen LogP) is 2.21. The average molecular weight is 205 g/mol. The number of hydrogen-bond acceptors (Lipinski definition) is 3. The summed E-state index contributed by atoms with van der Waals surface area (Å²) in [5.74, 6) is -0.246. The van der Waals surface area contributed by atoms with Crippen LogP contribution in [0.3, 0.4) is 0 Å². The van der Waals surface area contributed by atoms with Crippen LogP contribution in [0.4, 0.5) is 0 Å². The maximum Gasteiger partial charge on any atom is 0.311 e. The molecule has 0 aliphatic heterocycles. The molecule has 3 nitrogen and oxygen atoms in total. The van der Waals surface area contributed by atoms with Crippen LogP contribution in [0.15, 0.2) is 35.3 Å². The Morgan fingerprint density at radius 2 is 2.00 bits per heavy atom. The molecule has 0 heterocycles. The molecule has 0 atom stereocenters. The molecule has 0 N–H and O–H groups in total. The Kier molecular flexibility index (Phi) is 4.54. The lowest BCUT2D eigenvalue weighted by molar-refractivity contribution is -0.139. The minimum atomic E-state index is -0.246. The summed E-state index contributed by atoms with van der Waals surface area (Å²) in [6.07, 6.45) is 0.267. The number of ether oxygens (including phenoxy) is 1. The number of benzene rings is 1. The van der Waals surface area contributed by atoms with Crippen LogP contribution in [0.2, 0.25) is 0 Å². The summed E-state index contributed by atoms with van der Waals surface area (Å²) in [6, 6.07) is 9.93. The summed E-state index contributed by atoms with van der Waals surface area (Å²) in [5.41, 5.74) is 1.94. The van der Waals surface area contributed by atoms with Crippen LogP contribution in [0.25, 0.3) is 0 Å². The lowest BCUT2D eigenvalue weighted by Gasteiger charge is -2.00. The number of methoxy groups -OCH3 is 1. The summed E-state index contributed by atoms with van der Waals surface area (Å²) in [5, 5.41) is 0. The second-order valence-corrected chi connectivity index (χ2v) is 3.29. The van der Waals surface area contributed by atoms with Crippen molar-refractivity contribution in [3.05, 3.63) is 35.9 Å². The Balaban J connectivity index is 2.47. The summed E-state index contributed by atoms with van der Waals surface area (Å²) in [7, 11) is 1.38. The molecule has 0 fully saturated rings. The first-order valence-electron chi connectivity index (χ1n) is 4.83. The Morgan fingerprint density at radius 3 is 2.60 bits per heavy atom. The predicted molar refractivity (Wildman–Crippen MR) is 59.9 cm³/mol. The molecule has 0 unspecified atom stereocenters. The van der Waals surface area contributed by atoms with Gasteiger partial charge in [-0.15, -0.1) is 0 Å². The highest BCUT2D eigenvalue weighted by Gasteiger charge is 2.01. The van der Waals surface area contributed by atoms with Gasteiger partial charge in [-0.2, -0.15) is 0 Å². The number of carbonyl (C=O) groups is 1. The van der Waals surface area contributed by atoms with E-state index in [0.29, 0.717) is 6.54 Å². The van der Waals surface area contributed by atoms with E-state index >= 15 is 0 Å². The third kappa shape index (κ3) is 4.40. The molecule has 0 aliphatic rings. The van der Waals surface area contributed by atoms with E-state index in [1.807, 2.05) is 37.3 Å². The molecule has 1 aromatic rings. The SMILES string of the molecule is COC(=O)CC(C)=NCc1ccccc1. The van der Waals surface area contributed by atoms with Gasteiger partial charge in [0, 0.05) is 5.71 Å². The number of esters is 1. The van der Waals surface area contributed by atoms with Crippen LogP contribution in [-0.2, 0) is 16.1 Å². The molecular weight excluding hydrogens is 190 g/mol. The van der Waals surface area contributed by atoms with Gasteiger partial charge in [-0.25, -0.2) is 0 Å². The van der Waals surface area contributed by atoms with E-state index in [-0.39, 0.29) is 12.4 Å². The van der Waals surface area contributed by atoms with Gasteiger partial charge < -0.3 is 4.74 Å². The van der Waals surface area contributed by atoms with Crippen molar-refractivity contribution in [1.29, 1.82) is 0 Å². The molecule has 0 aromatic heterocycles. The lowest BCUT2D eigenvalue weighted by atomic mass is 10.2. The van der Waals surface area contributed by atoms with Crippen LogP contribution >= 0.6 is 0 Å². The molecule has 3 heteroatoms. The van der Waals surface area contributed by atoms with E-state index in [0.717, 1.165) is 11.3 Å². The van der Waals surface area contributed by atoms with Crippen LogP contribution in [0.5, 0.6) is 0 Å². The summed E-state index contributed by atoms with van der Waals surface area (Å²) in [4.78, 5) is 15.2. The molecule has 0 radical (unpaired) electrons. The molecule has 0 amide bonds. The van der Waals surface area contributed by atoms with E-state index in [1.165, 1.54) is 7.11 Å². The van der Waals surface area contributed by atoms with Gasteiger partial charge in [-0.1, -0.05) is 30.3 Å². The van der Waals surface area contributed by atoms with Crippen LogP contribution in [0, 0.1) is 0 Å². The monoisotopic (exact) mass is 205 g/mol. The van der Waals surface area contributed by atoms with E-state index in [4.69, 9.17) is 0 Å². The summed E-state index contributed by atoms with van der Waals surface area (Å²) < 4.78 is 4.55. The average Bonchev–Trinajstić information content (AvgIpc) is 2.27. The molecule has 1 aromatic carbocycles. The second kappa shape index (κ2) is 5.96. The molecule has 80 valence electrons. The Hall–Kier alpha value is -1.64. The van der Waals surface area contributed by atoms with Crippen molar-refractivity contribution in [2.75, 3.05) is 7.11 Å². The highest BCUT2D eigenvalue weighted by Crippen LogP contribution is 2.01. The first-order valence-corrected chi connectivity index (χ1v) is 4.83. The highest BCUT2D eigenvalue weighted by atomic mass is 16.5. The van der Waals surface area contributed by atoms with E-state index in [9.17, 15) is 4.79 Å². The minimum Gasteiger partial charge on any atom is -0.469 e. The van der Waals surface area contributed by atoms with Gasteiger partial charge in [0.05, 0.1) is 20.1 Å². The molecular formula is C12H15NO2. The second-order valence-electron chi connectivity index (χ2n) is 3.29. The van der Waals surface area contributed by atoms with Gasteiger partial charge in [0.2, 0.25) is 0 Å². The van der Waals surface area contributed by atoms with Crippen LogP contribution in [-0.4, -0.2) is 18.8 Å². The summed E-state index contributed by atoms with van der Waals surface area (Å²) >= 11 is 0. The largest absolute Gasteiger partial charge is 0.469 e. The van der Waals surface area contributed by atoms with E-state index in [1.54, 1.807) is 0 Å². The Morgan fingerprint density at radius 1 is 1.33 bits per heavy atom. The molecule has 0 spiro atoms. The number of carbonyl (C=O) groups excluding carboxylic acids is 1. The standard InChI is InChI=1S/C12H15NO2/c1-10(8-12(14)15-2)13-9-11-6-4-3-5-7-11/h3-7H,8-9H2,1-2H3. The third-order valence-electron chi connectivity index (χ3n) is 2.00. The minimum absolute atomic E-state index is 0.246. The normalized spacial score (nSPS) is 11.2. The topological polar surface area (TPSA) is 38.7 Å². The van der Waals surface area contributed by atoms with Crippen molar-refractivity contribution in [3.8, 4) is 0 Å². The number of nitrogens with zero attached hydrogens (tertiary/aromatic N) is 1. The molecule has 0 saturated carbocycles. The summed E-state index contributed by atoms with van der Waals surface area (Å²) in [6.45, 7) is 2.45. The maximum absolute atomic E-state index is 10.9. The Labute approximate surface area is 89.8 Å². The molecule has 0 bridgehead atoms. The van der Waals surface area contributed by atoms with Crippen molar-refractivity contribution < 1.29 is 9.53 Å². The Bertz CT molecular complexity index is 344. The molecule has 0 aliphatic carbocycles. The van der Waals surface area contributed by atoms with Crippen molar-refractivity contribution in [3.63, 3.8) is 0 Å². The third-order valence-corrected chi connectivity index (χ3v) is 2.00. The van der Waals surface area contributed by atoms with Gasteiger partial charge >= 0.3 is 5.97 Å². The van der Waals surface area contributed by atoms with E-state index < -0.39 is 0 Å². The van der Waals surface area contributed by atoms with Gasteiger partial charge in [-0.05, 0) is 12.5 Å². The maximum atomic E-state index is 10.9. The van der Waals surface area contributed by atoms with Gasteiger partial charge in [0.1, 0.15) is 0 Å². The zero-order chi connectivity index (χ0) is 11.1. The van der Waals surface area contributed by atoms with Crippen LogP contribution < -0.4 is 0 Å². The fraction of sp³-hybridized carbons (Fsp3) is 0.333. The van der Waals surface area contributed by atoms with Crippen molar-refractivity contribution in [1.82, 2.24) is 0 Å². The first-order chi connectivity index (χ1) is 7.22. The van der Waals surface area contributed by atoms with Gasteiger partial charge in [0.25, 0.3) is 0 Å². The first kappa shape index (κ1) is 11.4. The van der Waals surface area contributed by atoms with E-state index in [2.05, 4.69) is 9.73 Å². The van der Waals surface area contributed by atoms with Crippen LogP contribution in [0.1, 0.15) is 18.9 Å². The highest BCUT2D eigenvalue weighted by molar-refractivity contribution is 5.97. The van der Waals surface area contributed by atoms with Crippen molar-refractivity contribution in [2.45, 2.75) is 19.9 Å². The van der Waals surface area contributed by atoms with Crippen molar-refractivity contribution in [2.24, 2.45) is 4.99 Å². The quantitative estimate of drug-likeness (QED) is 0.558. The number of rotatable bonds is 4. The smallest absolute Gasteiger partial charge is 0.311 e. The molecule has 1 rings (SSSR count). The zero-order valence-corrected chi connectivity index (χ0v) is 9.06. The fourth-order valence-corrected chi connectivity index (χ4v) is 1.15. The zero-order valence-electron chi connectivity index (χ0n) is 9.06. The lowest BCUT2D eigenvalue weighted by Crippen LogP contribution is -2.06. The molecule has 0 saturated heterocycles. The number of aliphatic imine (C=N–C) groups is 1. The van der Waals surface area contributed by atoms with Gasteiger partial charge in [-0.3, -0.25) is 9.79 Å². The van der Waals surface area contributed by atoms with Crippen molar-refractivity contribution >= 4 is 11.7 Å². The van der Waals surface area contributed by atoms with Gasteiger partial charge in [0.15, 0.2) is 0 Å².